The maximum atomic E-state index is 13.2. The lowest BCUT2D eigenvalue weighted by Gasteiger charge is -2.35. The second-order valence-corrected chi connectivity index (χ2v) is 9.01. The van der Waals surface area contributed by atoms with Crippen LogP contribution in [-0.2, 0) is 24.1 Å². The fourth-order valence-corrected chi connectivity index (χ4v) is 5.07. The quantitative estimate of drug-likeness (QED) is 0.757. The molecule has 4 rings (SSSR count). The maximum absolute atomic E-state index is 13.2. The van der Waals surface area contributed by atoms with Gasteiger partial charge in [0.05, 0.1) is 18.8 Å². The maximum Gasteiger partial charge on any atom is 0.274 e. The molecule has 1 atom stereocenters. The first-order chi connectivity index (χ1) is 14.1. The van der Waals surface area contributed by atoms with Gasteiger partial charge < -0.3 is 20.1 Å². The van der Waals surface area contributed by atoms with Gasteiger partial charge in [-0.15, -0.1) is 0 Å². The number of morpholine rings is 1. The first-order valence-corrected chi connectivity index (χ1v) is 11.5. The highest BCUT2D eigenvalue weighted by atomic mass is 16.5. The molecule has 1 saturated carbocycles. The van der Waals surface area contributed by atoms with E-state index in [1.807, 2.05) is 4.90 Å². The Bertz CT molecular complexity index is 705. The first kappa shape index (κ1) is 20.8. The van der Waals surface area contributed by atoms with Crippen molar-refractivity contribution in [1.29, 1.82) is 0 Å². The molecule has 7 nitrogen and oxygen atoms in total. The summed E-state index contributed by atoms with van der Waals surface area (Å²) in [6.07, 6.45) is 9.07. The molecule has 7 heteroatoms. The second kappa shape index (κ2) is 9.14. The summed E-state index contributed by atoms with van der Waals surface area (Å²) in [5, 5.41) is 19.2. The number of carbonyl (C=O) groups is 1. The van der Waals surface area contributed by atoms with Gasteiger partial charge >= 0.3 is 0 Å². The standard InChI is InChI=1S/C22H36N4O3/c1-2-10-26-19-7-6-17(23-16-22(28)8-4-3-5-9-22)15-18(19)20(24-26)21(27)25-11-13-29-14-12-25/h17,23,28H,2-16H2,1H3. The van der Waals surface area contributed by atoms with Crippen LogP contribution in [0.2, 0.25) is 0 Å². The topological polar surface area (TPSA) is 79.6 Å². The van der Waals surface area contributed by atoms with Crippen LogP contribution in [0.15, 0.2) is 0 Å². The number of amides is 1. The van der Waals surface area contributed by atoms with Gasteiger partial charge in [0.1, 0.15) is 0 Å². The van der Waals surface area contributed by atoms with Crippen LogP contribution >= 0.6 is 0 Å². The van der Waals surface area contributed by atoms with E-state index in [4.69, 9.17) is 9.84 Å². The molecule has 1 amide bonds. The van der Waals surface area contributed by atoms with Crippen LogP contribution in [0.25, 0.3) is 0 Å². The van der Waals surface area contributed by atoms with Gasteiger partial charge in [-0.3, -0.25) is 9.48 Å². The van der Waals surface area contributed by atoms with E-state index in [9.17, 15) is 9.90 Å². The monoisotopic (exact) mass is 404 g/mol. The highest BCUT2D eigenvalue weighted by molar-refractivity contribution is 5.94. The number of aryl methyl sites for hydroxylation is 1. The van der Waals surface area contributed by atoms with Crippen molar-refractivity contribution >= 4 is 5.91 Å². The molecule has 0 bridgehead atoms. The molecule has 1 aromatic rings. The number of hydrogen-bond donors (Lipinski definition) is 2. The molecular weight excluding hydrogens is 368 g/mol. The lowest BCUT2D eigenvalue weighted by atomic mass is 9.84. The SMILES string of the molecule is CCCn1nc(C(=O)N2CCOCC2)c2c1CCC(NCC1(O)CCCCC1)C2. The number of aromatic nitrogens is 2. The molecule has 1 aromatic heterocycles. The third-order valence-corrected chi connectivity index (χ3v) is 6.79. The predicted octanol–water partition coefficient (Wildman–Crippen LogP) is 1.91. The van der Waals surface area contributed by atoms with Gasteiger partial charge in [-0.1, -0.05) is 26.2 Å². The highest BCUT2D eigenvalue weighted by Crippen LogP contribution is 2.29. The number of ether oxygens (including phenoxy) is 1. The Hall–Kier alpha value is -1.44. The molecule has 1 aliphatic heterocycles. The Kier molecular flexibility index (Phi) is 6.56. The highest BCUT2D eigenvalue weighted by Gasteiger charge is 2.34. The minimum Gasteiger partial charge on any atom is -0.389 e. The van der Waals surface area contributed by atoms with Crippen molar-refractivity contribution in [3.63, 3.8) is 0 Å². The fraction of sp³-hybridized carbons (Fsp3) is 0.818. The summed E-state index contributed by atoms with van der Waals surface area (Å²) in [5.74, 6) is 0.0472. The number of rotatable bonds is 6. The van der Waals surface area contributed by atoms with Gasteiger partial charge in [0.2, 0.25) is 0 Å². The molecule has 2 fully saturated rings. The summed E-state index contributed by atoms with van der Waals surface area (Å²) in [4.78, 5) is 15.1. The molecule has 2 heterocycles. The molecule has 0 radical (unpaired) electrons. The average Bonchev–Trinajstić information content (AvgIpc) is 3.11. The fourth-order valence-electron chi connectivity index (χ4n) is 5.07. The van der Waals surface area contributed by atoms with Crippen molar-refractivity contribution in [3.05, 3.63) is 17.0 Å². The molecule has 29 heavy (non-hydrogen) atoms. The van der Waals surface area contributed by atoms with Crippen molar-refractivity contribution in [2.75, 3.05) is 32.8 Å². The lowest BCUT2D eigenvalue weighted by molar-refractivity contribution is 0.00226. The van der Waals surface area contributed by atoms with E-state index >= 15 is 0 Å². The smallest absolute Gasteiger partial charge is 0.274 e. The van der Waals surface area contributed by atoms with E-state index in [2.05, 4.69) is 16.9 Å². The van der Waals surface area contributed by atoms with Gasteiger partial charge in [0.15, 0.2) is 5.69 Å². The van der Waals surface area contributed by atoms with E-state index in [1.165, 1.54) is 12.1 Å². The molecule has 1 unspecified atom stereocenters. The predicted molar refractivity (Wildman–Crippen MR) is 111 cm³/mol. The van der Waals surface area contributed by atoms with E-state index in [1.54, 1.807) is 0 Å². The van der Waals surface area contributed by atoms with Crippen molar-refractivity contribution in [2.45, 2.75) is 82.9 Å². The van der Waals surface area contributed by atoms with Crippen LogP contribution in [-0.4, -0.2) is 70.2 Å². The van der Waals surface area contributed by atoms with Crippen LogP contribution in [0.4, 0.5) is 0 Å². The Labute approximate surface area is 173 Å². The Balaban J connectivity index is 1.48. The summed E-state index contributed by atoms with van der Waals surface area (Å²) >= 11 is 0. The van der Waals surface area contributed by atoms with Gasteiger partial charge in [-0.2, -0.15) is 5.10 Å². The molecule has 2 N–H and O–H groups in total. The Morgan fingerprint density at radius 3 is 2.76 bits per heavy atom. The summed E-state index contributed by atoms with van der Waals surface area (Å²) in [7, 11) is 0. The molecule has 3 aliphatic rings. The third kappa shape index (κ3) is 4.67. The van der Waals surface area contributed by atoms with E-state index < -0.39 is 5.60 Å². The minimum atomic E-state index is -0.558. The average molecular weight is 405 g/mol. The van der Waals surface area contributed by atoms with Crippen LogP contribution in [0, 0.1) is 0 Å². The normalized spacial score (nSPS) is 24.3. The number of fused-ring (bicyclic) bond motifs is 1. The molecule has 0 spiro atoms. The lowest BCUT2D eigenvalue weighted by Crippen LogP contribution is -2.47. The number of carbonyl (C=O) groups excluding carboxylic acids is 1. The summed E-state index contributed by atoms with van der Waals surface area (Å²) in [5.41, 5.74) is 2.43. The molecule has 0 aromatic carbocycles. The van der Waals surface area contributed by atoms with Gasteiger partial charge in [0.25, 0.3) is 5.91 Å². The number of hydrogen-bond acceptors (Lipinski definition) is 5. The summed E-state index contributed by atoms with van der Waals surface area (Å²) in [6, 6.07) is 0.295. The van der Waals surface area contributed by atoms with Crippen molar-refractivity contribution < 1.29 is 14.6 Å². The van der Waals surface area contributed by atoms with Crippen molar-refractivity contribution in [3.8, 4) is 0 Å². The van der Waals surface area contributed by atoms with E-state index in [-0.39, 0.29) is 5.91 Å². The largest absolute Gasteiger partial charge is 0.389 e. The van der Waals surface area contributed by atoms with Crippen molar-refractivity contribution in [1.82, 2.24) is 20.0 Å². The number of nitrogens with zero attached hydrogens (tertiary/aromatic N) is 3. The van der Waals surface area contributed by atoms with E-state index in [0.29, 0.717) is 44.6 Å². The zero-order valence-corrected chi connectivity index (χ0v) is 17.8. The van der Waals surface area contributed by atoms with Crippen LogP contribution in [0.1, 0.15) is 73.6 Å². The molecule has 162 valence electrons. The van der Waals surface area contributed by atoms with Crippen molar-refractivity contribution in [2.24, 2.45) is 0 Å². The zero-order valence-electron chi connectivity index (χ0n) is 17.8. The van der Waals surface area contributed by atoms with E-state index in [0.717, 1.165) is 63.5 Å². The summed E-state index contributed by atoms with van der Waals surface area (Å²) < 4.78 is 7.47. The second-order valence-electron chi connectivity index (χ2n) is 9.01. The Morgan fingerprint density at radius 1 is 1.28 bits per heavy atom. The molecule has 1 saturated heterocycles. The summed E-state index contributed by atoms with van der Waals surface area (Å²) in [6.45, 7) is 6.15. The van der Waals surface area contributed by atoms with Gasteiger partial charge in [-0.05, 0) is 38.5 Å². The van der Waals surface area contributed by atoms with Gasteiger partial charge in [-0.25, -0.2) is 0 Å². The number of nitrogens with one attached hydrogen (secondary N) is 1. The first-order valence-electron chi connectivity index (χ1n) is 11.5. The third-order valence-electron chi connectivity index (χ3n) is 6.79. The van der Waals surface area contributed by atoms with Crippen LogP contribution < -0.4 is 5.32 Å². The Morgan fingerprint density at radius 2 is 2.03 bits per heavy atom. The van der Waals surface area contributed by atoms with Gasteiger partial charge in [0, 0.05) is 43.5 Å². The zero-order chi connectivity index (χ0) is 20.3. The van der Waals surface area contributed by atoms with Crippen LogP contribution in [0.5, 0.6) is 0 Å². The number of aliphatic hydroxyl groups is 1. The minimum absolute atomic E-state index is 0.0472. The molecular formula is C22H36N4O3. The molecule has 2 aliphatic carbocycles. The van der Waals surface area contributed by atoms with Crippen LogP contribution in [0.3, 0.4) is 0 Å².